The van der Waals surface area contributed by atoms with Crippen LogP contribution in [0.4, 0.5) is 0 Å². The topological polar surface area (TPSA) is 20.2 Å². The second-order valence-corrected chi connectivity index (χ2v) is 12.4. The van der Waals surface area contributed by atoms with Crippen molar-refractivity contribution in [1.82, 2.24) is 0 Å². The summed E-state index contributed by atoms with van der Waals surface area (Å²) >= 11 is 0. The summed E-state index contributed by atoms with van der Waals surface area (Å²) in [7, 11) is 0. The Balaban J connectivity index is 1.02. The number of unbranched alkanes of at least 4 members (excludes halogenated alkanes) is 11. The zero-order valence-corrected chi connectivity index (χ0v) is 22.0. The van der Waals surface area contributed by atoms with Crippen molar-refractivity contribution in [3.8, 4) is 0 Å². The Morgan fingerprint density at radius 1 is 0.531 bits per heavy atom. The molecule has 3 aliphatic carbocycles. The molecule has 0 aromatic rings. The summed E-state index contributed by atoms with van der Waals surface area (Å²) in [6.07, 6.45) is 30.7. The minimum Gasteiger partial charge on any atom is -0.393 e. The van der Waals surface area contributed by atoms with E-state index in [9.17, 15) is 5.11 Å². The molecule has 0 spiro atoms. The third kappa shape index (κ3) is 10.9. The Kier molecular flexibility index (Phi) is 12.5. The van der Waals surface area contributed by atoms with Crippen molar-refractivity contribution in [3.63, 3.8) is 0 Å². The molecule has 3 saturated carbocycles. The van der Waals surface area contributed by atoms with E-state index in [0.717, 1.165) is 48.3 Å². The first kappa shape index (κ1) is 26.6. The molecular weight excluding hydrogens is 388 g/mol. The van der Waals surface area contributed by atoms with Gasteiger partial charge in [-0.2, -0.15) is 0 Å². The van der Waals surface area contributed by atoms with Gasteiger partial charge in [-0.15, -0.1) is 0 Å². The Hall–Kier alpha value is -0.0400. The van der Waals surface area contributed by atoms with Gasteiger partial charge in [-0.25, -0.2) is 0 Å². The van der Waals surface area contributed by atoms with Crippen LogP contribution in [-0.2, 0) is 0 Å². The fourth-order valence-electron chi connectivity index (χ4n) is 6.69. The van der Waals surface area contributed by atoms with Gasteiger partial charge in [0.2, 0.25) is 0 Å². The van der Waals surface area contributed by atoms with E-state index in [-0.39, 0.29) is 6.10 Å². The standard InChI is InChI=1S/C31H58O/c1-3-5-6-7-8-9-12-15-18-31(32)19-16-13-10-11-14-17-26-21-28(26)23-30-24-29(30)22-27-20-25(27)4-2/h25-32H,3-24H2,1-2H3. The van der Waals surface area contributed by atoms with Gasteiger partial charge >= 0.3 is 0 Å². The van der Waals surface area contributed by atoms with E-state index in [1.54, 1.807) is 32.1 Å². The minimum absolute atomic E-state index is 0.0265. The smallest absolute Gasteiger partial charge is 0.0540 e. The van der Waals surface area contributed by atoms with Crippen LogP contribution in [0.3, 0.4) is 0 Å². The van der Waals surface area contributed by atoms with Crippen LogP contribution in [-0.4, -0.2) is 11.2 Å². The van der Waals surface area contributed by atoms with Crippen molar-refractivity contribution >= 4 is 0 Å². The van der Waals surface area contributed by atoms with Crippen LogP contribution in [0, 0.1) is 35.5 Å². The molecular formula is C31H58O. The lowest BCUT2D eigenvalue weighted by Crippen LogP contribution is -2.05. The van der Waals surface area contributed by atoms with E-state index < -0.39 is 0 Å². The lowest BCUT2D eigenvalue weighted by atomic mass is 10.0. The molecule has 0 bridgehead atoms. The maximum Gasteiger partial charge on any atom is 0.0540 e. The van der Waals surface area contributed by atoms with E-state index in [4.69, 9.17) is 0 Å². The van der Waals surface area contributed by atoms with Crippen molar-refractivity contribution in [2.24, 2.45) is 35.5 Å². The van der Waals surface area contributed by atoms with Crippen LogP contribution >= 0.6 is 0 Å². The molecule has 188 valence electrons. The first-order chi connectivity index (χ1) is 15.7. The number of rotatable bonds is 22. The SMILES string of the molecule is CCCCCCCCCCC(O)CCCCCCCC1CC1CC1CC1CC1CC1CC. The van der Waals surface area contributed by atoms with Crippen molar-refractivity contribution in [2.75, 3.05) is 0 Å². The highest BCUT2D eigenvalue weighted by molar-refractivity contribution is 4.98. The van der Waals surface area contributed by atoms with Crippen LogP contribution in [0.2, 0.25) is 0 Å². The van der Waals surface area contributed by atoms with E-state index in [0.29, 0.717) is 0 Å². The molecule has 32 heavy (non-hydrogen) atoms. The molecule has 0 radical (unpaired) electrons. The molecule has 1 nitrogen and oxygen atoms in total. The van der Waals surface area contributed by atoms with Crippen LogP contribution in [0.15, 0.2) is 0 Å². The molecule has 3 fully saturated rings. The van der Waals surface area contributed by atoms with E-state index in [1.807, 2.05) is 0 Å². The average Bonchev–Trinajstić information content (AvgIpc) is 3.70. The lowest BCUT2D eigenvalue weighted by molar-refractivity contribution is 0.147. The summed E-state index contributed by atoms with van der Waals surface area (Å²) < 4.78 is 0. The zero-order valence-electron chi connectivity index (χ0n) is 22.0. The minimum atomic E-state index is -0.0265. The molecule has 1 N–H and O–H groups in total. The first-order valence-corrected chi connectivity index (χ1v) is 15.4. The Morgan fingerprint density at radius 2 is 0.969 bits per heavy atom. The highest BCUT2D eigenvalue weighted by Crippen LogP contribution is 2.58. The highest BCUT2D eigenvalue weighted by Gasteiger charge is 2.48. The maximum atomic E-state index is 10.2. The monoisotopic (exact) mass is 446 g/mol. The Morgan fingerprint density at radius 3 is 1.53 bits per heavy atom. The van der Waals surface area contributed by atoms with Gasteiger partial charge in [0.15, 0.2) is 0 Å². The fourth-order valence-corrected chi connectivity index (χ4v) is 6.69. The summed E-state index contributed by atoms with van der Waals surface area (Å²) in [5, 5.41) is 10.2. The quantitative estimate of drug-likeness (QED) is 0.164. The van der Waals surface area contributed by atoms with Gasteiger partial charge in [-0.3, -0.25) is 0 Å². The summed E-state index contributed by atoms with van der Waals surface area (Å²) in [6.45, 7) is 4.66. The lowest BCUT2D eigenvalue weighted by Gasteiger charge is -2.10. The Labute approximate surface area is 201 Å². The molecule has 1 heteroatoms. The first-order valence-electron chi connectivity index (χ1n) is 15.4. The van der Waals surface area contributed by atoms with Gasteiger partial charge in [0.25, 0.3) is 0 Å². The van der Waals surface area contributed by atoms with E-state index in [2.05, 4.69) is 13.8 Å². The fraction of sp³-hybridized carbons (Fsp3) is 1.00. The molecule has 0 aromatic carbocycles. The van der Waals surface area contributed by atoms with E-state index >= 15 is 0 Å². The summed E-state index contributed by atoms with van der Waals surface area (Å²) in [5.41, 5.74) is 0. The van der Waals surface area contributed by atoms with Gasteiger partial charge in [0, 0.05) is 0 Å². The number of aliphatic hydroxyl groups is 1. The van der Waals surface area contributed by atoms with Gasteiger partial charge in [0.05, 0.1) is 6.10 Å². The van der Waals surface area contributed by atoms with Crippen LogP contribution < -0.4 is 0 Å². The highest BCUT2D eigenvalue weighted by atomic mass is 16.3. The van der Waals surface area contributed by atoms with Crippen molar-refractivity contribution in [3.05, 3.63) is 0 Å². The van der Waals surface area contributed by atoms with Crippen LogP contribution in [0.25, 0.3) is 0 Å². The van der Waals surface area contributed by atoms with Crippen LogP contribution in [0.5, 0.6) is 0 Å². The van der Waals surface area contributed by atoms with Crippen molar-refractivity contribution in [2.45, 2.75) is 161 Å². The van der Waals surface area contributed by atoms with Gasteiger partial charge < -0.3 is 5.11 Å². The normalized spacial score (nSPS) is 31.6. The molecule has 0 amide bonds. The molecule has 7 unspecified atom stereocenters. The molecule has 0 aliphatic heterocycles. The third-order valence-electron chi connectivity index (χ3n) is 9.45. The second-order valence-electron chi connectivity index (χ2n) is 12.4. The maximum absolute atomic E-state index is 10.2. The summed E-state index contributed by atoms with van der Waals surface area (Å²) in [5.74, 6) is 6.76. The summed E-state index contributed by atoms with van der Waals surface area (Å²) in [6, 6.07) is 0. The summed E-state index contributed by atoms with van der Waals surface area (Å²) in [4.78, 5) is 0. The number of aliphatic hydroxyl groups excluding tert-OH is 1. The Bertz CT molecular complexity index is 473. The van der Waals surface area contributed by atoms with Gasteiger partial charge in [-0.1, -0.05) is 110 Å². The molecule has 7 atom stereocenters. The predicted molar refractivity (Wildman–Crippen MR) is 140 cm³/mol. The van der Waals surface area contributed by atoms with Gasteiger partial charge in [0.1, 0.15) is 0 Å². The molecule has 0 saturated heterocycles. The molecule has 3 rings (SSSR count). The molecule has 3 aliphatic rings. The van der Waals surface area contributed by atoms with Crippen molar-refractivity contribution in [1.29, 1.82) is 0 Å². The molecule has 0 aromatic heterocycles. The number of hydrogen-bond donors (Lipinski definition) is 1. The predicted octanol–water partition coefficient (Wildman–Crippen LogP) is 9.71. The van der Waals surface area contributed by atoms with E-state index in [1.165, 1.54) is 96.3 Å². The second kappa shape index (κ2) is 15.1. The largest absolute Gasteiger partial charge is 0.393 e. The van der Waals surface area contributed by atoms with Crippen LogP contribution in [0.1, 0.15) is 155 Å². The average molecular weight is 447 g/mol. The third-order valence-corrected chi connectivity index (χ3v) is 9.45. The molecule has 0 heterocycles. The zero-order chi connectivity index (χ0) is 22.6. The van der Waals surface area contributed by atoms with Crippen molar-refractivity contribution < 1.29 is 5.11 Å². The van der Waals surface area contributed by atoms with Gasteiger partial charge in [-0.05, 0) is 80.5 Å². The number of hydrogen-bond acceptors (Lipinski definition) is 1.